The molecular formula is C20H30FN3O7. The lowest BCUT2D eigenvalue weighted by Gasteiger charge is -2.36. The van der Waals surface area contributed by atoms with Gasteiger partial charge in [-0.25, -0.2) is 14.0 Å². The summed E-state index contributed by atoms with van der Waals surface area (Å²) in [4.78, 5) is 28.2. The van der Waals surface area contributed by atoms with Gasteiger partial charge in [0.05, 0.1) is 12.8 Å². The molecule has 0 bridgehead atoms. The molecule has 11 heteroatoms. The van der Waals surface area contributed by atoms with E-state index in [4.69, 9.17) is 14.6 Å². The molecule has 2 heterocycles. The van der Waals surface area contributed by atoms with Gasteiger partial charge >= 0.3 is 11.8 Å². The maximum atomic E-state index is 14.6. The minimum Gasteiger partial charge on any atom is -0.446 e. The quantitative estimate of drug-likeness (QED) is 0.528. The fourth-order valence-corrected chi connectivity index (χ4v) is 4.34. The maximum absolute atomic E-state index is 14.6. The van der Waals surface area contributed by atoms with Gasteiger partial charge in [0.15, 0.2) is 17.9 Å². The third-order valence-corrected chi connectivity index (χ3v) is 6.14. The number of rotatable bonds is 5. The van der Waals surface area contributed by atoms with Gasteiger partial charge in [0.1, 0.15) is 24.4 Å². The van der Waals surface area contributed by atoms with Gasteiger partial charge in [0.25, 0.3) is 0 Å². The van der Waals surface area contributed by atoms with Crippen molar-refractivity contribution in [2.45, 2.75) is 70.7 Å². The lowest BCUT2D eigenvalue weighted by molar-refractivity contribution is -0.0553. The molecule has 4 N–H and O–H groups in total. The Morgan fingerprint density at radius 2 is 2.10 bits per heavy atom. The Balaban J connectivity index is 1.72. The van der Waals surface area contributed by atoms with Gasteiger partial charge in [-0.3, -0.25) is 9.88 Å². The molecule has 1 amide bonds. The van der Waals surface area contributed by atoms with E-state index in [0.717, 1.165) is 12.8 Å². The van der Waals surface area contributed by atoms with E-state index < -0.39 is 54.6 Å². The first kappa shape index (κ1) is 23.6. The Bertz CT molecular complexity index is 849. The second-order valence-electron chi connectivity index (χ2n) is 8.75. The number of anilines is 1. The van der Waals surface area contributed by atoms with Crippen molar-refractivity contribution >= 4 is 11.9 Å². The molecule has 1 aliphatic carbocycles. The van der Waals surface area contributed by atoms with E-state index in [2.05, 4.69) is 31.1 Å². The molecule has 3 unspecified atom stereocenters. The summed E-state index contributed by atoms with van der Waals surface area (Å²) in [7, 11) is 0. The van der Waals surface area contributed by atoms with Gasteiger partial charge in [0.2, 0.25) is 0 Å². The van der Waals surface area contributed by atoms with Crippen molar-refractivity contribution in [3.63, 3.8) is 0 Å². The summed E-state index contributed by atoms with van der Waals surface area (Å²) in [5.74, 6) is -0.739. The average Bonchev–Trinajstić information content (AvgIpc) is 2.98. The summed E-state index contributed by atoms with van der Waals surface area (Å²) >= 11 is 0. The zero-order valence-electron chi connectivity index (χ0n) is 17.8. The molecule has 0 aromatic carbocycles. The molecule has 1 aromatic rings. The Morgan fingerprint density at radius 1 is 1.39 bits per heavy atom. The monoisotopic (exact) mass is 443 g/mol. The van der Waals surface area contributed by atoms with Crippen LogP contribution >= 0.6 is 0 Å². The van der Waals surface area contributed by atoms with Crippen LogP contribution in [0, 0.1) is 23.6 Å². The number of aromatic nitrogens is 2. The maximum Gasteiger partial charge on any atom is 0.413 e. The van der Waals surface area contributed by atoms with Gasteiger partial charge in [-0.1, -0.05) is 27.2 Å². The van der Waals surface area contributed by atoms with E-state index >= 15 is 0 Å². The minimum absolute atomic E-state index is 0.194. The van der Waals surface area contributed by atoms with E-state index in [0.29, 0.717) is 29.0 Å². The number of halogens is 1. The molecule has 1 aliphatic heterocycles. The van der Waals surface area contributed by atoms with Gasteiger partial charge in [0, 0.05) is 0 Å². The number of aliphatic hydroxyl groups is 3. The summed E-state index contributed by atoms with van der Waals surface area (Å²) in [6.45, 7) is 5.62. The number of nitrogens with zero attached hydrogens (tertiary/aromatic N) is 2. The van der Waals surface area contributed by atoms with E-state index in [9.17, 15) is 24.2 Å². The van der Waals surface area contributed by atoms with E-state index in [1.165, 1.54) is 0 Å². The Morgan fingerprint density at radius 3 is 2.71 bits per heavy atom. The Labute approximate surface area is 179 Å². The number of ether oxygens (including phenoxy) is 2. The average molecular weight is 443 g/mol. The number of carbonyl (C=O) groups is 1. The highest BCUT2D eigenvalue weighted by atomic mass is 19.1. The second kappa shape index (κ2) is 9.60. The summed E-state index contributed by atoms with van der Waals surface area (Å²) < 4.78 is 26.0. The largest absolute Gasteiger partial charge is 0.446 e. The second-order valence-corrected chi connectivity index (χ2v) is 8.75. The van der Waals surface area contributed by atoms with Crippen LogP contribution in [0.3, 0.4) is 0 Å². The van der Waals surface area contributed by atoms with Crippen LogP contribution in [-0.4, -0.2) is 62.0 Å². The van der Waals surface area contributed by atoms with Gasteiger partial charge in [-0.05, 0) is 30.6 Å². The molecule has 2 fully saturated rings. The van der Waals surface area contributed by atoms with Crippen molar-refractivity contribution in [2.24, 2.45) is 17.8 Å². The van der Waals surface area contributed by atoms with E-state index in [-0.39, 0.29) is 12.0 Å². The molecule has 1 aromatic heterocycles. The lowest BCUT2D eigenvalue weighted by atomic mass is 9.75. The minimum atomic E-state index is -1.57. The number of hydrogen-bond donors (Lipinski definition) is 4. The zero-order valence-corrected chi connectivity index (χ0v) is 17.8. The zero-order chi connectivity index (χ0) is 22.9. The van der Waals surface area contributed by atoms with Crippen LogP contribution in [0.2, 0.25) is 0 Å². The van der Waals surface area contributed by atoms with Gasteiger partial charge in [-0.2, -0.15) is 4.98 Å². The first-order valence-electron chi connectivity index (χ1n) is 10.5. The summed E-state index contributed by atoms with van der Waals surface area (Å²) in [5, 5.41) is 31.2. The fraction of sp³-hybridized carbons (Fsp3) is 0.750. The van der Waals surface area contributed by atoms with Crippen LogP contribution in [-0.2, 0) is 9.47 Å². The molecule has 7 atom stereocenters. The molecule has 2 aliphatic rings. The number of amides is 1. The topological polar surface area (TPSA) is 143 Å². The van der Waals surface area contributed by atoms with Crippen molar-refractivity contribution in [1.82, 2.24) is 9.55 Å². The van der Waals surface area contributed by atoms with E-state index in [1.54, 1.807) is 0 Å². The molecule has 1 saturated carbocycles. The first-order chi connectivity index (χ1) is 14.6. The third-order valence-electron chi connectivity index (χ3n) is 6.14. The molecule has 0 radical (unpaired) electrons. The van der Waals surface area contributed by atoms with Crippen LogP contribution in [0.15, 0.2) is 11.0 Å². The van der Waals surface area contributed by atoms with Crippen LogP contribution in [0.4, 0.5) is 15.0 Å². The molecule has 0 spiro atoms. The van der Waals surface area contributed by atoms with Gasteiger partial charge in [-0.15, -0.1) is 0 Å². The molecular weight excluding hydrogens is 413 g/mol. The molecule has 3 rings (SSSR count). The smallest absolute Gasteiger partial charge is 0.413 e. The Kier molecular flexibility index (Phi) is 7.30. The predicted octanol–water partition coefficient (Wildman–Crippen LogP) is 1.00. The SMILES string of the molecule is CC1CCC(C(C)C)C(OC(=O)Nc2nc(=O)n([C@@H]3O[C@H](CO)[C@@H](O)[C@H]3O)cc2F)C1. The Hall–Kier alpha value is -2.08. The highest BCUT2D eigenvalue weighted by Crippen LogP contribution is 2.35. The molecule has 31 heavy (non-hydrogen) atoms. The third kappa shape index (κ3) is 5.05. The van der Waals surface area contributed by atoms with Crippen LogP contribution in [0.1, 0.15) is 46.3 Å². The van der Waals surface area contributed by atoms with Crippen molar-refractivity contribution in [2.75, 3.05) is 11.9 Å². The standard InChI is InChI=1S/C20H30FN3O7/c1-9(2)11-5-4-10(3)6-13(11)31-20(29)23-17-12(21)7-24(19(28)22-17)18-16(27)15(26)14(8-25)30-18/h7,9-11,13-16,18,25-27H,4-6,8H2,1-3H3,(H,22,23,28,29)/t10?,11?,13?,14-,15-,16-,18-/m1/s1. The molecule has 1 saturated heterocycles. The lowest BCUT2D eigenvalue weighted by Crippen LogP contribution is -2.38. The molecule has 10 nitrogen and oxygen atoms in total. The fourth-order valence-electron chi connectivity index (χ4n) is 4.34. The summed E-state index contributed by atoms with van der Waals surface area (Å²) in [6.07, 6.45) is -3.39. The predicted molar refractivity (Wildman–Crippen MR) is 107 cm³/mol. The van der Waals surface area contributed by atoms with Crippen molar-refractivity contribution < 1.29 is 34.0 Å². The highest BCUT2D eigenvalue weighted by molar-refractivity contribution is 5.83. The number of carbonyl (C=O) groups excluding carboxylic acids is 1. The molecule has 174 valence electrons. The summed E-state index contributed by atoms with van der Waals surface area (Å²) in [6, 6.07) is 0. The number of nitrogens with one attached hydrogen (secondary N) is 1. The van der Waals surface area contributed by atoms with Gasteiger partial charge < -0.3 is 24.8 Å². The van der Waals surface area contributed by atoms with E-state index in [1.807, 2.05) is 0 Å². The van der Waals surface area contributed by atoms with Crippen LogP contribution in [0.5, 0.6) is 0 Å². The highest BCUT2D eigenvalue weighted by Gasteiger charge is 2.44. The summed E-state index contributed by atoms with van der Waals surface area (Å²) in [5.41, 5.74) is -1.02. The number of hydrogen-bond acceptors (Lipinski definition) is 8. The van der Waals surface area contributed by atoms with Crippen molar-refractivity contribution in [1.29, 1.82) is 0 Å². The number of aliphatic hydroxyl groups excluding tert-OH is 3. The van der Waals surface area contributed by atoms with Crippen molar-refractivity contribution in [3.05, 3.63) is 22.5 Å². The van der Waals surface area contributed by atoms with Crippen LogP contribution < -0.4 is 11.0 Å². The van der Waals surface area contributed by atoms with Crippen LogP contribution in [0.25, 0.3) is 0 Å². The normalized spacial score (nSPS) is 33.5. The van der Waals surface area contributed by atoms with Crippen molar-refractivity contribution in [3.8, 4) is 0 Å². The first-order valence-corrected chi connectivity index (χ1v) is 10.5.